The molecule has 1 aliphatic heterocycles. The Kier molecular flexibility index (Phi) is 6.22. The lowest BCUT2D eigenvalue weighted by Gasteiger charge is -2.32. The molecule has 3 aromatic carbocycles. The van der Waals surface area contributed by atoms with Gasteiger partial charge in [-0.15, -0.1) is 0 Å². The molecule has 0 fully saturated rings. The highest BCUT2D eigenvalue weighted by atomic mass is 16.5. The van der Waals surface area contributed by atoms with E-state index < -0.39 is 6.10 Å². The molecule has 0 saturated heterocycles. The molecule has 1 unspecified atom stereocenters. The Morgan fingerprint density at radius 1 is 1.06 bits per heavy atom. The number of nitrogens with zero attached hydrogens (tertiary/aromatic N) is 1. The Labute approximate surface area is 209 Å². The van der Waals surface area contributed by atoms with Crippen molar-refractivity contribution in [1.82, 2.24) is 4.98 Å². The number of carbonyl (C=O) groups is 3. The molecule has 36 heavy (non-hydrogen) atoms. The number of ketones is 1. The number of aromatic amines is 1. The van der Waals surface area contributed by atoms with E-state index in [0.29, 0.717) is 29.1 Å². The second kappa shape index (κ2) is 9.49. The maximum absolute atomic E-state index is 13.0. The Morgan fingerprint density at radius 2 is 1.89 bits per heavy atom. The van der Waals surface area contributed by atoms with Gasteiger partial charge in [0.2, 0.25) is 5.91 Å². The van der Waals surface area contributed by atoms with Gasteiger partial charge in [-0.1, -0.05) is 38.1 Å². The van der Waals surface area contributed by atoms with Crippen LogP contribution >= 0.6 is 0 Å². The summed E-state index contributed by atoms with van der Waals surface area (Å²) in [5.41, 5.74) is 4.86. The largest absolute Gasteiger partial charge is 0.479 e. The molecule has 0 spiro atoms. The second-order valence-corrected chi connectivity index (χ2v) is 9.17. The van der Waals surface area contributed by atoms with Crippen molar-refractivity contribution in [2.24, 2.45) is 0 Å². The van der Waals surface area contributed by atoms with Gasteiger partial charge in [0.15, 0.2) is 11.9 Å². The number of para-hydroxylation sites is 1. The third-order valence-electron chi connectivity index (χ3n) is 6.65. The monoisotopic (exact) mass is 483 g/mol. The number of rotatable bonds is 7. The van der Waals surface area contributed by atoms with E-state index in [2.05, 4.69) is 35.4 Å². The number of hydrogen-bond acceptors (Lipinski definition) is 4. The van der Waals surface area contributed by atoms with Gasteiger partial charge in [-0.05, 0) is 55.7 Å². The Bertz CT molecular complexity index is 1500. The summed E-state index contributed by atoms with van der Waals surface area (Å²) in [4.78, 5) is 43.3. The lowest BCUT2D eigenvalue weighted by molar-refractivity contribution is -0.127. The highest BCUT2D eigenvalue weighted by molar-refractivity contribution is 6.11. The number of ether oxygens (including phenoxy) is 1. The highest BCUT2D eigenvalue weighted by Crippen LogP contribution is 2.35. The van der Waals surface area contributed by atoms with Crippen molar-refractivity contribution in [3.05, 3.63) is 65.7 Å². The second-order valence-electron chi connectivity index (χ2n) is 9.17. The molecule has 0 aliphatic carbocycles. The zero-order chi connectivity index (χ0) is 25.4. The van der Waals surface area contributed by atoms with Gasteiger partial charge in [-0.25, -0.2) is 0 Å². The number of fused-ring (bicyclic) bond motifs is 4. The number of anilines is 2. The van der Waals surface area contributed by atoms with Crippen LogP contribution < -0.4 is 15.0 Å². The van der Waals surface area contributed by atoms with Crippen LogP contribution in [0.4, 0.5) is 11.4 Å². The predicted molar refractivity (Wildman–Crippen MR) is 142 cm³/mol. The van der Waals surface area contributed by atoms with Crippen LogP contribution in [0.15, 0.2) is 54.6 Å². The van der Waals surface area contributed by atoms with Crippen LogP contribution in [-0.2, 0) is 16.0 Å². The molecular formula is C29H29N3O4. The molecule has 1 aliphatic rings. The zero-order valence-corrected chi connectivity index (χ0v) is 20.7. The van der Waals surface area contributed by atoms with Gasteiger partial charge in [0.05, 0.1) is 5.69 Å². The van der Waals surface area contributed by atoms with Gasteiger partial charge in [0, 0.05) is 39.5 Å². The van der Waals surface area contributed by atoms with Crippen molar-refractivity contribution >= 4 is 50.8 Å². The van der Waals surface area contributed by atoms with Crippen LogP contribution in [0.1, 0.15) is 49.5 Å². The van der Waals surface area contributed by atoms with Gasteiger partial charge < -0.3 is 15.0 Å². The van der Waals surface area contributed by atoms with E-state index in [1.54, 1.807) is 25.1 Å². The van der Waals surface area contributed by atoms with Crippen LogP contribution in [0.25, 0.3) is 21.8 Å². The summed E-state index contributed by atoms with van der Waals surface area (Å²) in [6, 6.07) is 17.1. The molecule has 7 nitrogen and oxygen atoms in total. The maximum atomic E-state index is 13.0. The fraction of sp³-hybridized carbons (Fsp3) is 0.276. The highest BCUT2D eigenvalue weighted by Gasteiger charge is 2.33. The summed E-state index contributed by atoms with van der Waals surface area (Å²) in [7, 11) is 0. The van der Waals surface area contributed by atoms with E-state index in [1.807, 2.05) is 25.1 Å². The fourth-order valence-corrected chi connectivity index (χ4v) is 4.82. The normalized spacial score (nSPS) is 15.1. The van der Waals surface area contributed by atoms with E-state index in [0.717, 1.165) is 34.6 Å². The minimum Gasteiger partial charge on any atom is -0.479 e. The van der Waals surface area contributed by atoms with Crippen molar-refractivity contribution < 1.29 is 19.1 Å². The summed E-state index contributed by atoms with van der Waals surface area (Å²) >= 11 is 0. The Balaban J connectivity index is 1.40. The van der Waals surface area contributed by atoms with Crippen LogP contribution in [-0.4, -0.2) is 35.2 Å². The van der Waals surface area contributed by atoms with Gasteiger partial charge in [0.25, 0.3) is 5.91 Å². The third-order valence-corrected chi connectivity index (χ3v) is 6.65. The molecule has 0 bridgehead atoms. The topological polar surface area (TPSA) is 91.5 Å². The van der Waals surface area contributed by atoms with E-state index in [1.165, 1.54) is 10.5 Å². The molecule has 1 atom stereocenters. The molecular weight excluding hydrogens is 454 g/mol. The van der Waals surface area contributed by atoms with Crippen molar-refractivity contribution in [3.8, 4) is 5.75 Å². The van der Waals surface area contributed by atoms with E-state index >= 15 is 0 Å². The molecule has 0 saturated carbocycles. The van der Waals surface area contributed by atoms with Crippen LogP contribution in [0.3, 0.4) is 0 Å². The van der Waals surface area contributed by atoms with Gasteiger partial charge in [0.1, 0.15) is 12.3 Å². The first-order chi connectivity index (χ1) is 17.4. The van der Waals surface area contributed by atoms with Crippen LogP contribution in [0, 0.1) is 0 Å². The molecule has 7 heteroatoms. The first-order valence-electron chi connectivity index (χ1n) is 12.4. The first-order valence-corrected chi connectivity index (χ1v) is 12.4. The number of nitrogens with one attached hydrogen (secondary N) is 2. The number of amides is 2. The van der Waals surface area contributed by atoms with Gasteiger partial charge >= 0.3 is 0 Å². The number of aromatic nitrogens is 1. The fourth-order valence-electron chi connectivity index (χ4n) is 4.82. The smallest absolute Gasteiger partial charge is 0.268 e. The first kappa shape index (κ1) is 23.6. The molecule has 2 amide bonds. The average molecular weight is 484 g/mol. The summed E-state index contributed by atoms with van der Waals surface area (Å²) in [5.74, 6) is -0.183. The minimum atomic E-state index is -0.724. The van der Waals surface area contributed by atoms with Crippen molar-refractivity contribution in [2.75, 3.05) is 16.8 Å². The zero-order valence-electron chi connectivity index (χ0n) is 20.7. The van der Waals surface area contributed by atoms with Crippen molar-refractivity contribution in [1.29, 1.82) is 0 Å². The molecule has 184 valence electrons. The molecule has 5 rings (SSSR count). The number of H-pyrrole nitrogens is 1. The molecule has 1 aromatic heterocycles. The minimum absolute atomic E-state index is 0.00589. The number of carbonyl (C=O) groups excluding carboxylic acids is 3. The summed E-state index contributed by atoms with van der Waals surface area (Å²) in [5, 5.41) is 5.16. The maximum Gasteiger partial charge on any atom is 0.268 e. The summed E-state index contributed by atoms with van der Waals surface area (Å²) in [6.45, 7) is 5.54. The Morgan fingerprint density at radius 3 is 2.67 bits per heavy atom. The molecule has 2 N–H and O–H groups in total. The predicted octanol–water partition coefficient (Wildman–Crippen LogP) is 5.62. The van der Waals surface area contributed by atoms with Crippen molar-refractivity contribution in [2.45, 2.75) is 46.1 Å². The van der Waals surface area contributed by atoms with Crippen molar-refractivity contribution in [3.63, 3.8) is 0 Å². The summed E-state index contributed by atoms with van der Waals surface area (Å²) < 4.78 is 5.73. The molecule has 0 radical (unpaired) electrons. The summed E-state index contributed by atoms with van der Waals surface area (Å²) in [6.07, 6.45) is 1.35. The van der Waals surface area contributed by atoms with E-state index in [4.69, 9.17) is 4.74 Å². The quantitative estimate of drug-likeness (QED) is 0.334. The SMILES string of the molecule is CCCC(=O)c1ccc2c(c1)N(CC(=O)Nc1ccc3c(c1)[nH]c1c(CC)cccc13)C(=O)C(C)O2. The lowest BCUT2D eigenvalue weighted by Crippen LogP contribution is -2.47. The van der Waals surface area contributed by atoms with Gasteiger partial charge in [-0.3, -0.25) is 19.3 Å². The number of benzene rings is 3. The van der Waals surface area contributed by atoms with E-state index in [9.17, 15) is 14.4 Å². The number of hydrogen-bond donors (Lipinski definition) is 2. The average Bonchev–Trinajstić information content (AvgIpc) is 3.24. The van der Waals surface area contributed by atoms with Crippen LogP contribution in [0.2, 0.25) is 0 Å². The van der Waals surface area contributed by atoms with Crippen LogP contribution in [0.5, 0.6) is 5.75 Å². The number of Topliss-reactive ketones (excluding diaryl/α,β-unsaturated/α-hetero) is 1. The Hall–Kier alpha value is -4.13. The van der Waals surface area contributed by atoms with Gasteiger partial charge in [-0.2, -0.15) is 0 Å². The molecule has 4 aromatic rings. The van der Waals surface area contributed by atoms with E-state index in [-0.39, 0.29) is 24.1 Å². The third kappa shape index (κ3) is 4.21. The number of aryl methyl sites for hydroxylation is 1. The molecule has 2 heterocycles. The lowest BCUT2D eigenvalue weighted by atomic mass is 10.0. The standard InChI is InChI=1S/C29H29N3O4/c1-4-7-25(33)19-10-13-26-24(14-19)32(29(35)17(3)36-26)16-27(34)30-20-11-12-21-22-9-6-8-18(5-2)28(22)31-23(21)15-20/h6,8-15,17,31H,4-5,7,16H2,1-3H3,(H,30,34).